The van der Waals surface area contributed by atoms with Crippen LogP contribution in [0.25, 0.3) is 0 Å². The summed E-state index contributed by atoms with van der Waals surface area (Å²) >= 11 is 0. The molecule has 1 unspecified atom stereocenters. The molecule has 1 saturated heterocycles. The fourth-order valence-electron chi connectivity index (χ4n) is 2.87. The largest absolute Gasteiger partial charge is 0.494 e. The highest BCUT2D eigenvalue weighted by atomic mass is 19.1. The molecule has 0 saturated carbocycles. The molecule has 1 aliphatic rings. The second kappa shape index (κ2) is 5.63. The van der Waals surface area contributed by atoms with E-state index in [0.29, 0.717) is 23.9 Å². The first kappa shape index (κ1) is 13.1. The molecule has 1 aromatic carbocycles. The third-order valence-electron chi connectivity index (χ3n) is 3.88. The number of nitrogens with one attached hydrogen (secondary N) is 1. The van der Waals surface area contributed by atoms with Gasteiger partial charge in [0.2, 0.25) is 0 Å². The number of H-pyrrole nitrogens is 1. The highest BCUT2D eigenvalue weighted by Gasteiger charge is 2.27. The summed E-state index contributed by atoms with van der Waals surface area (Å²) in [4.78, 5) is 2.28. The molecule has 1 fully saturated rings. The van der Waals surface area contributed by atoms with Crippen molar-refractivity contribution >= 4 is 0 Å². The zero-order chi connectivity index (χ0) is 13.9. The Morgan fingerprint density at radius 2 is 2.35 bits per heavy atom. The second-order valence-corrected chi connectivity index (χ2v) is 5.07. The average molecular weight is 275 g/mol. The van der Waals surface area contributed by atoms with E-state index in [1.54, 1.807) is 12.3 Å². The Kier molecular flexibility index (Phi) is 3.69. The number of hydrogen-bond donors (Lipinski definition) is 1. The highest BCUT2D eigenvalue weighted by Crippen LogP contribution is 2.33. The molecule has 1 aliphatic heterocycles. The Bertz CT molecular complexity index is 571. The molecular formula is C15H18FN3O. The molecular weight excluding hydrogens is 257 g/mol. The number of aromatic amines is 1. The molecule has 2 heterocycles. The second-order valence-electron chi connectivity index (χ2n) is 5.07. The number of methoxy groups -OCH3 is 1. The summed E-state index contributed by atoms with van der Waals surface area (Å²) in [5, 5.41) is 7.03. The Labute approximate surface area is 117 Å². The van der Waals surface area contributed by atoms with E-state index in [0.717, 1.165) is 25.1 Å². The van der Waals surface area contributed by atoms with Gasteiger partial charge in [-0.2, -0.15) is 5.10 Å². The van der Waals surface area contributed by atoms with Crippen LogP contribution >= 0.6 is 0 Å². The Hall–Kier alpha value is -1.88. The quantitative estimate of drug-likeness (QED) is 0.932. The minimum absolute atomic E-state index is 0.259. The van der Waals surface area contributed by atoms with E-state index in [2.05, 4.69) is 15.1 Å². The summed E-state index contributed by atoms with van der Waals surface area (Å²) in [7, 11) is 1.49. The minimum Gasteiger partial charge on any atom is -0.494 e. The van der Waals surface area contributed by atoms with Crippen LogP contribution in [0.3, 0.4) is 0 Å². The molecule has 0 amide bonds. The van der Waals surface area contributed by atoms with E-state index >= 15 is 0 Å². The molecule has 3 rings (SSSR count). The summed E-state index contributed by atoms with van der Waals surface area (Å²) < 4.78 is 19.3. The van der Waals surface area contributed by atoms with Crippen molar-refractivity contribution in [2.75, 3.05) is 13.7 Å². The third-order valence-corrected chi connectivity index (χ3v) is 3.88. The summed E-state index contributed by atoms with van der Waals surface area (Å²) in [6.45, 7) is 1.56. The maximum Gasteiger partial charge on any atom is 0.169 e. The Morgan fingerprint density at radius 3 is 3.10 bits per heavy atom. The van der Waals surface area contributed by atoms with E-state index < -0.39 is 0 Å². The third kappa shape index (κ3) is 2.41. The van der Waals surface area contributed by atoms with Crippen LogP contribution in [0, 0.1) is 5.82 Å². The van der Waals surface area contributed by atoms with Crippen molar-refractivity contribution in [3.63, 3.8) is 0 Å². The number of ether oxygens (including phenoxy) is 1. The average Bonchev–Trinajstić information content (AvgIpc) is 3.11. The van der Waals surface area contributed by atoms with Crippen LogP contribution in [0.1, 0.15) is 30.1 Å². The van der Waals surface area contributed by atoms with E-state index in [9.17, 15) is 4.39 Å². The minimum atomic E-state index is -0.259. The van der Waals surface area contributed by atoms with Crippen LogP contribution in [-0.2, 0) is 6.54 Å². The molecule has 0 bridgehead atoms. The van der Waals surface area contributed by atoms with Crippen molar-refractivity contribution in [2.45, 2.75) is 25.4 Å². The van der Waals surface area contributed by atoms with E-state index in [-0.39, 0.29) is 5.82 Å². The monoisotopic (exact) mass is 275 g/mol. The lowest BCUT2D eigenvalue weighted by Gasteiger charge is -2.23. The van der Waals surface area contributed by atoms with Crippen LogP contribution in [-0.4, -0.2) is 28.8 Å². The van der Waals surface area contributed by atoms with Gasteiger partial charge in [-0.15, -0.1) is 0 Å². The van der Waals surface area contributed by atoms with Crippen molar-refractivity contribution in [1.29, 1.82) is 0 Å². The van der Waals surface area contributed by atoms with E-state index in [1.165, 1.54) is 7.11 Å². The van der Waals surface area contributed by atoms with Crippen molar-refractivity contribution in [1.82, 2.24) is 15.1 Å². The van der Waals surface area contributed by atoms with E-state index in [4.69, 9.17) is 4.74 Å². The van der Waals surface area contributed by atoms with Crippen LogP contribution in [0.4, 0.5) is 4.39 Å². The van der Waals surface area contributed by atoms with Gasteiger partial charge >= 0.3 is 0 Å². The number of halogens is 1. The summed E-state index contributed by atoms with van der Waals surface area (Å²) in [5.41, 5.74) is 1.78. The molecule has 0 radical (unpaired) electrons. The van der Waals surface area contributed by atoms with Gasteiger partial charge in [-0.25, -0.2) is 4.39 Å². The summed E-state index contributed by atoms with van der Waals surface area (Å²) in [6, 6.07) is 7.59. The molecule has 4 nitrogen and oxygen atoms in total. The van der Waals surface area contributed by atoms with Gasteiger partial charge < -0.3 is 4.74 Å². The lowest BCUT2D eigenvalue weighted by Crippen LogP contribution is -2.23. The normalized spacial score (nSPS) is 19.4. The van der Waals surface area contributed by atoms with Crippen LogP contribution in [0.15, 0.2) is 30.5 Å². The van der Waals surface area contributed by atoms with E-state index in [1.807, 2.05) is 18.2 Å². The number of nitrogens with zero attached hydrogens (tertiary/aromatic N) is 2. The fourth-order valence-corrected chi connectivity index (χ4v) is 2.87. The molecule has 1 atom stereocenters. The molecule has 0 aliphatic carbocycles. The molecule has 20 heavy (non-hydrogen) atoms. The van der Waals surface area contributed by atoms with Gasteiger partial charge in [0.15, 0.2) is 11.6 Å². The van der Waals surface area contributed by atoms with Gasteiger partial charge in [0.25, 0.3) is 0 Å². The van der Waals surface area contributed by atoms with Gasteiger partial charge in [0.1, 0.15) is 0 Å². The lowest BCUT2D eigenvalue weighted by atomic mass is 10.1. The zero-order valence-electron chi connectivity index (χ0n) is 11.5. The van der Waals surface area contributed by atoms with Gasteiger partial charge in [0.05, 0.1) is 18.8 Å². The number of likely N-dealkylation sites (tertiary alicyclic amines) is 1. The first-order chi connectivity index (χ1) is 9.79. The standard InChI is InChI=1S/C15H18FN3O/c1-20-14-6-2-4-11(15(14)16)10-19-9-3-5-13(19)12-7-8-17-18-12/h2,4,6-8,13H,3,5,9-10H2,1H3,(H,17,18). The molecule has 2 aromatic rings. The van der Waals surface area contributed by atoms with Crippen LogP contribution in [0.5, 0.6) is 5.75 Å². The number of rotatable bonds is 4. The van der Waals surface area contributed by atoms with Gasteiger partial charge in [-0.3, -0.25) is 10.00 Å². The molecule has 5 heteroatoms. The summed E-state index contributed by atoms with van der Waals surface area (Å²) in [5.74, 6) is 0.0463. The predicted octanol–water partition coefficient (Wildman–Crippen LogP) is 2.89. The predicted molar refractivity (Wildman–Crippen MR) is 73.9 cm³/mol. The van der Waals surface area contributed by atoms with Crippen molar-refractivity contribution in [3.8, 4) is 5.75 Å². The summed E-state index contributed by atoms with van der Waals surface area (Å²) in [6.07, 6.45) is 3.96. The smallest absolute Gasteiger partial charge is 0.169 e. The van der Waals surface area contributed by atoms with Crippen LogP contribution in [0.2, 0.25) is 0 Å². The lowest BCUT2D eigenvalue weighted by molar-refractivity contribution is 0.239. The topological polar surface area (TPSA) is 41.1 Å². The highest BCUT2D eigenvalue weighted by molar-refractivity contribution is 5.31. The van der Waals surface area contributed by atoms with Crippen molar-refractivity contribution in [2.24, 2.45) is 0 Å². The van der Waals surface area contributed by atoms with Crippen LogP contribution < -0.4 is 4.74 Å². The van der Waals surface area contributed by atoms with Crippen molar-refractivity contribution < 1.29 is 9.13 Å². The van der Waals surface area contributed by atoms with Gasteiger partial charge in [-0.05, 0) is 31.5 Å². The fraction of sp³-hybridized carbons (Fsp3) is 0.400. The number of hydrogen-bond acceptors (Lipinski definition) is 3. The maximum absolute atomic E-state index is 14.2. The number of aromatic nitrogens is 2. The zero-order valence-corrected chi connectivity index (χ0v) is 11.5. The molecule has 1 aromatic heterocycles. The molecule has 1 N–H and O–H groups in total. The SMILES string of the molecule is COc1cccc(CN2CCCC2c2ccn[nH]2)c1F. The van der Waals surface area contributed by atoms with Gasteiger partial charge in [0, 0.05) is 18.3 Å². The molecule has 106 valence electrons. The number of benzene rings is 1. The Morgan fingerprint density at radius 1 is 1.45 bits per heavy atom. The first-order valence-electron chi connectivity index (χ1n) is 6.84. The van der Waals surface area contributed by atoms with Gasteiger partial charge in [-0.1, -0.05) is 12.1 Å². The van der Waals surface area contributed by atoms with Crippen molar-refractivity contribution in [3.05, 3.63) is 47.5 Å². The first-order valence-corrected chi connectivity index (χ1v) is 6.84. The Balaban J connectivity index is 1.80. The molecule has 0 spiro atoms. The maximum atomic E-state index is 14.2.